The Hall–Kier alpha value is -0.850. The van der Waals surface area contributed by atoms with E-state index in [9.17, 15) is 13.2 Å². The van der Waals surface area contributed by atoms with Crippen LogP contribution in [0.15, 0.2) is 10.7 Å². The van der Waals surface area contributed by atoms with E-state index < -0.39 is 12.7 Å². The van der Waals surface area contributed by atoms with Gasteiger partial charge in [-0.1, -0.05) is 0 Å². The Morgan fingerprint density at radius 1 is 1.41 bits per heavy atom. The quantitative estimate of drug-likeness (QED) is 0.804. The number of anilines is 1. The van der Waals surface area contributed by atoms with Gasteiger partial charge in [-0.15, -0.1) is 0 Å². The van der Waals surface area contributed by atoms with Crippen LogP contribution in [0.25, 0.3) is 0 Å². The van der Waals surface area contributed by atoms with Crippen LogP contribution in [0.3, 0.4) is 0 Å². The van der Waals surface area contributed by atoms with E-state index in [-0.39, 0.29) is 6.04 Å². The number of halogens is 4. The third-order valence-electron chi connectivity index (χ3n) is 2.42. The lowest BCUT2D eigenvalue weighted by molar-refractivity contribution is -0.120. The SMILES string of the molecule is Cc1nc(Br)cc(N(CC(F)(F)F)C2CC2)n1. The molecule has 1 aromatic rings. The number of hydrogen-bond acceptors (Lipinski definition) is 3. The second kappa shape index (κ2) is 4.44. The summed E-state index contributed by atoms with van der Waals surface area (Å²) in [6, 6.07) is 1.48. The molecule has 0 amide bonds. The highest BCUT2D eigenvalue weighted by Gasteiger charge is 2.38. The maximum Gasteiger partial charge on any atom is 0.405 e. The molecule has 1 aliphatic rings. The van der Waals surface area contributed by atoms with Crippen LogP contribution >= 0.6 is 15.9 Å². The molecule has 0 aliphatic heterocycles. The van der Waals surface area contributed by atoms with Crippen LogP contribution in [0.4, 0.5) is 19.0 Å². The van der Waals surface area contributed by atoms with Crippen molar-refractivity contribution in [2.24, 2.45) is 0 Å². The van der Waals surface area contributed by atoms with E-state index in [0.717, 1.165) is 12.8 Å². The van der Waals surface area contributed by atoms with Gasteiger partial charge in [0, 0.05) is 12.1 Å². The molecule has 1 aliphatic carbocycles. The molecular formula is C10H11BrF3N3. The van der Waals surface area contributed by atoms with Gasteiger partial charge in [0.15, 0.2) is 0 Å². The average Bonchev–Trinajstić information content (AvgIpc) is 2.94. The molecule has 0 radical (unpaired) electrons. The van der Waals surface area contributed by atoms with Gasteiger partial charge < -0.3 is 4.90 Å². The molecule has 3 nitrogen and oxygen atoms in total. The smallest absolute Gasteiger partial charge is 0.344 e. The van der Waals surface area contributed by atoms with Crippen molar-refractivity contribution in [1.29, 1.82) is 0 Å². The van der Waals surface area contributed by atoms with E-state index in [4.69, 9.17) is 0 Å². The molecule has 1 aromatic heterocycles. The van der Waals surface area contributed by atoms with E-state index in [1.165, 1.54) is 11.0 Å². The molecule has 1 heterocycles. The molecule has 0 aromatic carbocycles. The largest absolute Gasteiger partial charge is 0.405 e. The van der Waals surface area contributed by atoms with E-state index >= 15 is 0 Å². The normalized spacial score (nSPS) is 16.1. The molecule has 0 unspecified atom stereocenters. The lowest BCUT2D eigenvalue weighted by Gasteiger charge is -2.24. The van der Waals surface area contributed by atoms with Crippen molar-refractivity contribution in [2.45, 2.75) is 32.0 Å². The minimum Gasteiger partial charge on any atom is -0.344 e. The van der Waals surface area contributed by atoms with Crippen molar-refractivity contribution in [3.05, 3.63) is 16.5 Å². The van der Waals surface area contributed by atoms with Crippen LogP contribution in [-0.2, 0) is 0 Å². The summed E-state index contributed by atoms with van der Waals surface area (Å²) in [6.07, 6.45) is -2.64. The lowest BCUT2D eigenvalue weighted by Crippen LogP contribution is -2.36. The number of hydrogen-bond donors (Lipinski definition) is 0. The lowest BCUT2D eigenvalue weighted by atomic mass is 10.4. The second-order valence-electron chi connectivity index (χ2n) is 4.07. The Morgan fingerprint density at radius 3 is 2.53 bits per heavy atom. The highest BCUT2D eigenvalue weighted by Crippen LogP contribution is 2.34. The topological polar surface area (TPSA) is 29.0 Å². The Morgan fingerprint density at radius 2 is 2.06 bits per heavy atom. The summed E-state index contributed by atoms with van der Waals surface area (Å²) in [5, 5.41) is 0. The molecule has 17 heavy (non-hydrogen) atoms. The molecular weight excluding hydrogens is 299 g/mol. The maximum absolute atomic E-state index is 12.5. The van der Waals surface area contributed by atoms with Crippen LogP contribution in [0.1, 0.15) is 18.7 Å². The van der Waals surface area contributed by atoms with Crippen molar-refractivity contribution < 1.29 is 13.2 Å². The Balaban J connectivity index is 2.26. The van der Waals surface area contributed by atoms with Crippen molar-refractivity contribution in [3.8, 4) is 0 Å². The molecule has 0 atom stereocenters. The van der Waals surface area contributed by atoms with Gasteiger partial charge in [-0.3, -0.25) is 0 Å². The first kappa shape index (κ1) is 12.6. The Labute approximate surface area is 105 Å². The van der Waals surface area contributed by atoms with Gasteiger partial charge >= 0.3 is 6.18 Å². The predicted octanol–water partition coefficient (Wildman–Crippen LogP) is 3.08. The summed E-state index contributed by atoms with van der Waals surface area (Å²) in [7, 11) is 0. The number of rotatable bonds is 3. The fraction of sp³-hybridized carbons (Fsp3) is 0.600. The summed E-state index contributed by atoms with van der Waals surface area (Å²) >= 11 is 3.17. The molecule has 0 N–H and O–H groups in total. The zero-order chi connectivity index (χ0) is 12.6. The average molecular weight is 310 g/mol. The van der Waals surface area contributed by atoms with Gasteiger partial charge in [0.2, 0.25) is 0 Å². The van der Waals surface area contributed by atoms with Crippen LogP contribution < -0.4 is 4.90 Å². The number of aryl methyl sites for hydroxylation is 1. The summed E-state index contributed by atoms with van der Waals surface area (Å²) in [6.45, 7) is 0.702. The summed E-state index contributed by atoms with van der Waals surface area (Å²) in [5.74, 6) is 0.798. The molecule has 0 spiro atoms. The molecule has 0 bridgehead atoms. The van der Waals surface area contributed by atoms with E-state index in [1.54, 1.807) is 6.92 Å². The monoisotopic (exact) mass is 309 g/mol. The third-order valence-corrected chi connectivity index (χ3v) is 2.83. The molecule has 0 saturated heterocycles. The second-order valence-corrected chi connectivity index (χ2v) is 4.88. The first-order valence-corrected chi connectivity index (χ1v) is 5.99. The zero-order valence-electron chi connectivity index (χ0n) is 9.13. The van der Waals surface area contributed by atoms with Crippen molar-refractivity contribution in [3.63, 3.8) is 0 Å². The summed E-state index contributed by atoms with van der Waals surface area (Å²) in [4.78, 5) is 9.36. The van der Waals surface area contributed by atoms with E-state index in [1.807, 2.05) is 0 Å². The third kappa shape index (κ3) is 3.55. The van der Waals surface area contributed by atoms with Crippen molar-refractivity contribution >= 4 is 21.7 Å². The number of aromatic nitrogens is 2. The molecule has 1 fully saturated rings. The molecule has 94 valence electrons. The van der Waals surface area contributed by atoms with Gasteiger partial charge in [-0.05, 0) is 35.7 Å². The summed E-state index contributed by atoms with van der Waals surface area (Å²) in [5.41, 5.74) is 0. The van der Waals surface area contributed by atoms with Crippen LogP contribution in [0, 0.1) is 6.92 Å². The Kier molecular flexibility index (Phi) is 3.29. The summed E-state index contributed by atoms with van der Waals surface area (Å²) < 4.78 is 38.0. The van der Waals surface area contributed by atoms with Gasteiger partial charge in [0.05, 0.1) is 0 Å². The predicted molar refractivity (Wildman–Crippen MR) is 60.9 cm³/mol. The first-order valence-electron chi connectivity index (χ1n) is 5.20. The minimum atomic E-state index is -4.21. The maximum atomic E-state index is 12.5. The Bertz CT molecular complexity index is 397. The number of nitrogens with zero attached hydrogens (tertiary/aromatic N) is 3. The van der Waals surface area contributed by atoms with Gasteiger partial charge in [-0.2, -0.15) is 13.2 Å². The highest BCUT2D eigenvalue weighted by atomic mass is 79.9. The van der Waals surface area contributed by atoms with Crippen LogP contribution in [0.2, 0.25) is 0 Å². The number of alkyl halides is 3. The molecule has 2 rings (SSSR count). The highest BCUT2D eigenvalue weighted by molar-refractivity contribution is 9.10. The van der Waals surface area contributed by atoms with Gasteiger partial charge in [0.25, 0.3) is 0 Å². The van der Waals surface area contributed by atoms with Crippen molar-refractivity contribution in [2.75, 3.05) is 11.4 Å². The molecule has 1 saturated carbocycles. The van der Waals surface area contributed by atoms with Gasteiger partial charge in [0.1, 0.15) is 22.8 Å². The van der Waals surface area contributed by atoms with E-state index in [0.29, 0.717) is 16.2 Å². The fourth-order valence-corrected chi connectivity index (χ4v) is 2.10. The molecule has 7 heteroatoms. The van der Waals surface area contributed by atoms with Crippen LogP contribution in [-0.4, -0.2) is 28.7 Å². The minimum absolute atomic E-state index is 0.0437. The first-order chi connectivity index (χ1) is 7.85. The van der Waals surface area contributed by atoms with Gasteiger partial charge in [-0.25, -0.2) is 9.97 Å². The van der Waals surface area contributed by atoms with E-state index in [2.05, 4.69) is 25.9 Å². The van der Waals surface area contributed by atoms with Crippen LogP contribution in [0.5, 0.6) is 0 Å². The zero-order valence-corrected chi connectivity index (χ0v) is 10.7. The van der Waals surface area contributed by atoms with Crippen molar-refractivity contribution in [1.82, 2.24) is 9.97 Å². The standard InChI is InChI=1S/C10H11BrF3N3/c1-6-15-8(11)4-9(16-6)17(7-2-3-7)5-10(12,13)14/h4,7H,2-3,5H2,1H3. The fourth-order valence-electron chi connectivity index (χ4n) is 1.64.